The van der Waals surface area contributed by atoms with Crippen molar-refractivity contribution >= 4 is 11.9 Å². The Bertz CT molecular complexity index is 769. The zero-order valence-electron chi connectivity index (χ0n) is 18.4. The normalized spacial score (nSPS) is 17.4. The Labute approximate surface area is 186 Å². The minimum atomic E-state index is 0.807. The molecule has 0 spiro atoms. The standard InChI is InChI=1S/C26H36N2OS/c1-22-10-14-25(15-11-22)30-28(20-23-12-13-23)21-24-8-3-4-9-26(24)29-19-7-18-27-16-5-2-6-17-27/h3-4,8-11,14-15,23H,2,5-7,12-13,16-21H2,1H3. The SMILES string of the molecule is Cc1ccc(SN(Cc2ccccc2OCCCN2CCCCC2)CC2CC2)cc1. The van der Waals surface area contributed by atoms with Gasteiger partial charge in [-0.15, -0.1) is 0 Å². The van der Waals surface area contributed by atoms with Crippen molar-refractivity contribution in [3.8, 4) is 5.75 Å². The molecule has 1 saturated heterocycles. The molecular weight excluding hydrogens is 388 g/mol. The van der Waals surface area contributed by atoms with Gasteiger partial charge in [0.2, 0.25) is 0 Å². The second-order valence-electron chi connectivity index (χ2n) is 8.88. The van der Waals surface area contributed by atoms with E-state index in [0.717, 1.165) is 37.8 Å². The van der Waals surface area contributed by atoms with Crippen LogP contribution in [0.5, 0.6) is 5.75 Å². The maximum absolute atomic E-state index is 6.25. The Morgan fingerprint density at radius 2 is 1.77 bits per heavy atom. The first-order valence-electron chi connectivity index (χ1n) is 11.7. The Morgan fingerprint density at radius 1 is 1.00 bits per heavy atom. The van der Waals surface area contributed by atoms with E-state index in [-0.39, 0.29) is 0 Å². The van der Waals surface area contributed by atoms with Crippen LogP contribution in [0.2, 0.25) is 0 Å². The van der Waals surface area contributed by atoms with Gasteiger partial charge in [0, 0.05) is 30.1 Å². The number of benzene rings is 2. The first kappa shape index (κ1) is 21.7. The zero-order chi connectivity index (χ0) is 20.6. The molecule has 2 aromatic rings. The third kappa shape index (κ3) is 7.04. The molecule has 1 saturated carbocycles. The van der Waals surface area contributed by atoms with E-state index in [4.69, 9.17) is 4.74 Å². The van der Waals surface area contributed by atoms with Crippen molar-refractivity contribution in [1.29, 1.82) is 0 Å². The molecule has 0 bridgehead atoms. The van der Waals surface area contributed by atoms with Crippen LogP contribution in [0.4, 0.5) is 0 Å². The summed E-state index contributed by atoms with van der Waals surface area (Å²) in [6.07, 6.45) is 7.98. The van der Waals surface area contributed by atoms with Gasteiger partial charge in [-0.05, 0) is 88.2 Å². The molecule has 4 heteroatoms. The Kier molecular flexibility index (Phi) is 8.13. The van der Waals surface area contributed by atoms with E-state index in [2.05, 4.69) is 64.7 Å². The van der Waals surface area contributed by atoms with E-state index in [0.29, 0.717) is 0 Å². The molecular formula is C26H36N2OS. The second-order valence-corrected chi connectivity index (χ2v) is 10.1. The number of nitrogens with zero attached hydrogens (tertiary/aromatic N) is 2. The predicted octanol–water partition coefficient (Wildman–Crippen LogP) is 6.17. The molecule has 0 atom stereocenters. The maximum atomic E-state index is 6.25. The van der Waals surface area contributed by atoms with E-state index < -0.39 is 0 Å². The molecule has 2 fully saturated rings. The molecule has 30 heavy (non-hydrogen) atoms. The highest BCUT2D eigenvalue weighted by molar-refractivity contribution is 7.97. The zero-order valence-corrected chi connectivity index (χ0v) is 19.2. The van der Waals surface area contributed by atoms with Crippen molar-refractivity contribution in [2.45, 2.75) is 56.9 Å². The molecule has 1 heterocycles. The number of rotatable bonds is 11. The van der Waals surface area contributed by atoms with E-state index in [1.165, 1.54) is 67.8 Å². The molecule has 0 N–H and O–H groups in total. The minimum Gasteiger partial charge on any atom is -0.493 e. The average molecular weight is 425 g/mol. The topological polar surface area (TPSA) is 15.7 Å². The number of hydrogen-bond acceptors (Lipinski definition) is 4. The first-order chi connectivity index (χ1) is 14.8. The summed E-state index contributed by atoms with van der Waals surface area (Å²) in [5.41, 5.74) is 2.62. The molecule has 0 amide bonds. The van der Waals surface area contributed by atoms with Gasteiger partial charge in [0.1, 0.15) is 5.75 Å². The highest BCUT2D eigenvalue weighted by atomic mass is 32.2. The molecule has 2 aromatic carbocycles. The van der Waals surface area contributed by atoms with Crippen LogP contribution < -0.4 is 4.74 Å². The third-order valence-corrected chi connectivity index (χ3v) is 7.08. The largest absolute Gasteiger partial charge is 0.493 e. The van der Waals surface area contributed by atoms with Gasteiger partial charge >= 0.3 is 0 Å². The highest BCUT2D eigenvalue weighted by Crippen LogP contribution is 2.35. The molecule has 3 nitrogen and oxygen atoms in total. The summed E-state index contributed by atoms with van der Waals surface area (Å²) in [6, 6.07) is 17.5. The summed E-state index contributed by atoms with van der Waals surface area (Å²) in [4.78, 5) is 3.91. The van der Waals surface area contributed by atoms with Crippen molar-refractivity contribution in [3.63, 3.8) is 0 Å². The van der Waals surface area contributed by atoms with Crippen molar-refractivity contribution in [2.75, 3.05) is 32.8 Å². The Morgan fingerprint density at radius 3 is 2.53 bits per heavy atom. The first-order valence-corrected chi connectivity index (χ1v) is 12.5. The fourth-order valence-electron chi connectivity index (χ4n) is 4.09. The van der Waals surface area contributed by atoms with Gasteiger partial charge < -0.3 is 9.64 Å². The van der Waals surface area contributed by atoms with E-state index in [9.17, 15) is 0 Å². The lowest BCUT2D eigenvalue weighted by Crippen LogP contribution is -2.31. The molecule has 0 aromatic heterocycles. The molecule has 162 valence electrons. The summed E-state index contributed by atoms with van der Waals surface area (Å²) >= 11 is 1.89. The van der Waals surface area contributed by atoms with Gasteiger partial charge in [-0.3, -0.25) is 0 Å². The van der Waals surface area contributed by atoms with Crippen molar-refractivity contribution in [2.24, 2.45) is 5.92 Å². The third-order valence-electron chi connectivity index (χ3n) is 6.06. The van der Waals surface area contributed by atoms with Crippen LogP contribution in [0.15, 0.2) is 53.4 Å². The van der Waals surface area contributed by atoms with E-state index >= 15 is 0 Å². The van der Waals surface area contributed by atoms with Crippen LogP contribution in [0.25, 0.3) is 0 Å². The van der Waals surface area contributed by atoms with Crippen molar-refractivity contribution in [1.82, 2.24) is 9.21 Å². The van der Waals surface area contributed by atoms with Gasteiger partial charge in [0.05, 0.1) is 6.61 Å². The van der Waals surface area contributed by atoms with Crippen LogP contribution in [0, 0.1) is 12.8 Å². The Balaban J connectivity index is 1.32. The lowest BCUT2D eigenvalue weighted by molar-refractivity contribution is 0.204. The lowest BCUT2D eigenvalue weighted by Gasteiger charge is -2.26. The van der Waals surface area contributed by atoms with Crippen LogP contribution in [0.1, 0.15) is 49.7 Å². The fraction of sp³-hybridized carbons (Fsp3) is 0.538. The van der Waals surface area contributed by atoms with Gasteiger partial charge in [-0.25, -0.2) is 4.31 Å². The fourth-order valence-corrected chi connectivity index (χ4v) is 5.13. The monoisotopic (exact) mass is 424 g/mol. The molecule has 1 aliphatic carbocycles. The molecule has 0 radical (unpaired) electrons. The summed E-state index contributed by atoms with van der Waals surface area (Å²) < 4.78 is 8.78. The summed E-state index contributed by atoms with van der Waals surface area (Å²) in [6.45, 7) is 8.74. The number of hydrogen-bond donors (Lipinski definition) is 0. The van der Waals surface area contributed by atoms with Crippen LogP contribution in [-0.2, 0) is 6.54 Å². The van der Waals surface area contributed by atoms with Crippen LogP contribution in [-0.4, -0.2) is 42.0 Å². The lowest BCUT2D eigenvalue weighted by atomic mass is 10.1. The molecule has 0 unspecified atom stereocenters. The van der Waals surface area contributed by atoms with Gasteiger partial charge in [-0.2, -0.15) is 0 Å². The summed E-state index contributed by atoms with van der Waals surface area (Å²) in [5, 5.41) is 0. The summed E-state index contributed by atoms with van der Waals surface area (Å²) in [5.74, 6) is 1.92. The smallest absolute Gasteiger partial charge is 0.123 e. The molecule has 2 aliphatic rings. The number of para-hydroxylation sites is 1. The van der Waals surface area contributed by atoms with Gasteiger partial charge in [-0.1, -0.05) is 42.3 Å². The highest BCUT2D eigenvalue weighted by Gasteiger charge is 2.25. The predicted molar refractivity (Wildman–Crippen MR) is 127 cm³/mol. The second kappa shape index (κ2) is 11.2. The van der Waals surface area contributed by atoms with E-state index in [1.54, 1.807) is 0 Å². The van der Waals surface area contributed by atoms with E-state index in [1.807, 2.05) is 11.9 Å². The number of likely N-dealkylation sites (tertiary alicyclic amines) is 1. The number of piperidine rings is 1. The van der Waals surface area contributed by atoms with Crippen molar-refractivity contribution < 1.29 is 4.74 Å². The number of aryl methyl sites for hydroxylation is 1. The van der Waals surface area contributed by atoms with Crippen LogP contribution in [0.3, 0.4) is 0 Å². The van der Waals surface area contributed by atoms with Crippen molar-refractivity contribution in [3.05, 3.63) is 59.7 Å². The maximum Gasteiger partial charge on any atom is 0.123 e. The minimum absolute atomic E-state index is 0.807. The Hall–Kier alpha value is -1.49. The average Bonchev–Trinajstić information content (AvgIpc) is 3.59. The van der Waals surface area contributed by atoms with Gasteiger partial charge in [0.15, 0.2) is 0 Å². The van der Waals surface area contributed by atoms with Gasteiger partial charge in [0.25, 0.3) is 0 Å². The summed E-state index contributed by atoms with van der Waals surface area (Å²) in [7, 11) is 0. The molecule has 1 aliphatic heterocycles. The number of ether oxygens (including phenoxy) is 1. The van der Waals surface area contributed by atoms with Crippen LogP contribution >= 0.6 is 11.9 Å². The molecule has 4 rings (SSSR count). The quantitative estimate of drug-likeness (QED) is 0.316.